The van der Waals surface area contributed by atoms with E-state index in [4.69, 9.17) is 11.6 Å². The molecule has 0 unspecified atom stereocenters. The first kappa shape index (κ1) is 26.0. The number of amides is 2. The highest BCUT2D eigenvalue weighted by Gasteiger charge is 2.32. The maximum absolute atomic E-state index is 13.6. The van der Waals surface area contributed by atoms with Gasteiger partial charge in [0.15, 0.2) is 0 Å². The predicted octanol–water partition coefficient (Wildman–Crippen LogP) is 3.97. The highest BCUT2D eigenvalue weighted by molar-refractivity contribution is 7.92. The second-order valence-corrected chi connectivity index (χ2v) is 11.0. The molecular weight excluding hydrogens is 474 g/mol. The number of benzene rings is 2. The molecule has 1 atom stereocenters. The Morgan fingerprint density at radius 3 is 2.24 bits per heavy atom. The lowest BCUT2D eigenvalue weighted by Crippen LogP contribution is -2.53. The highest BCUT2D eigenvalue weighted by Crippen LogP contribution is 2.22. The van der Waals surface area contributed by atoms with Gasteiger partial charge < -0.3 is 10.2 Å². The van der Waals surface area contributed by atoms with Gasteiger partial charge in [0.05, 0.1) is 11.9 Å². The fourth-order valence-electron chi connectivity index (χ4n) is 4.29. The smallest absolute Gasteiger partial charge is 0.244 e. The lowest BCUT2D eigenvalue weighted by molar-refractivity contribution is -0.140. The van der Waals surface area contributed by atoms with E-state index in [1.54, 1.807) is 24.3 Å². The van der Waals surface area contributed by atoms with Crippen LogP contribution in [-0.2, 0) is 26.2 Å². The third-order valence-electron chi connectivity index (χ3n) is 6.08. The predicted molar refractivity (Wildman–Crippen MR) is 135 cm³/mol. The van der Waals surface area contributed by atoms with Crippen molar-refractivity contribution >= 4 is 39.1 Å². The monoisotopic (exact) mass is 505 g/mol. The van der Waals surface area contributed by atoms with E-state index in [9.17, 15) is 18.0 Å². The molecule has 2 amide bonds. The average Bonchev–Trinajstić information content (AvgIpc) is 3.31. The SMILES string of the molecule is CC[C@@H](C(=O)NC1CCCC1)N(Cc1ccccc1)C(=O)CN(c1ccc(Cl)cc1)S(C)(=O)=O. The minimum absolute atomic E-state index is 0.122. The summed E-state index contributed by atoms with van der Waals surface area (Å²) in [6.45, 7) is 1.65. The lowest BCUT2D eigenvalue weighted by Gasteiger charge is -2.33. The Morgan fingerprint density at radius 2 is 1.68 bits per heavy atom. The molecule has 7 nitrogen and oxygen atoms in total. The van der Waals surface area contributed by atoms with Crippen molar-refractivity contribution in [2.45, 2.75) is 57.7 Å². The number of anilines is 1. The zero-order chi connectivity index (χ0) is 24.7. The molecule has 1 aliphatic rings. The van der Waals surface area contributed by atoms with E-state index >= 15 is 0 Å². The molecule has 1 saturated carbocycles. The first-order valence-corrected chi connectivity index (χ1v) is 13.8. The Balaban J connectivity index is 1.89. The van der Waals surface area contributed by atoms with Gasteiger partial charge in [0, 0.05) is 17.6 Å². The fraction of sp³-hybridized carbons (Fsp3) is 0.440. The minimum Gasteiger partial charge on any atom is -0.352 e. The normalized spacial score (nSPS) is 15.0. The van der Waals surface area contributed by atoms with E-state index in [1.165, 1.54) is 4.90 Å². The van der Waals surface area contributed by atoms with Crippen LogP contribution in [0.2, 0.25) is 5.02 Å². The van der Waals surface area contributed by atoms with Crippen LogP contribution in [0.15, 0.2) is 54.6 Å². The van der Waals surface area contributed by atoms with E-state index in [-0.39, 0.29) is 18.5 Å². The van der Waals surface area contributed by atoms with Crippen molar-refractivity contribution in [3.8, 4) is 0 Å². The topological polar surface area (TPSA) is 86.8 Å². The van der Waals surface area contributed by atoms with Crippen LogP contribution in [0.4, 0.5) is 5.69 Å². The summed E-state index contributed by atoms with van der Waals surface area (Å²) >= 11 is 5.95. The molecule has 0 bridgehead atoms. The first-order valence-electron chi connectivity index (χ1n) is 11.6. The van der Waals surface area contributed by atoms with Gasteiger partial charge >= 0.3 is 0 Å². The van der Waals surface area contributed by atoms with Gasteiger partial charge in [-0.15, -0.1) is 0 Å². The molecule has 0 aromatic heterocycles. The van der Waals surface area contributed by atoms with Gasteiger partial charge in [-0.2, -0.15) is 0 Å². The van der Waals surface area contributed by atoms with Crippen molar-refractivity contribution in [1.82, 2.24) is 10.2 Å². The second-order valence-electron chi connectivity index (χ2n) is 8.67. The van der Waals surface area contributed by atoms with Gasteiger partial charge in [0.2, 0.25) is 21.8 Å². The van der Waals surface area contributed by atoms with Crippen LogP contribution in [-0.4, -0.2) is 50.0 Å². The van der Waals surface area contributed by atoms with Crippen molar-refractivity contribution in [1.29, 1.82) is 0 Å². The number of carbonyl (C=O) groups is 2. The standard InChI is InChI=1S/C25H32ClN3O4S/c1-3-23(25(31)27-21-11-7-8-12-21)28(17-19-9-5-4-6-10-19)24(30)18-29(34(2,32)33)22-15-13-20(26)14-16-22/h4-6,9-10,13-16,21,23H,3,7-8,11-12,17-18H2,1-2H3,(H,27,31)/t23-/m0/s1. The number of sulfonamides is 1. The van der Waals surface area contributed by atoms with Crippen molar-refractivity contribution in [2.24, 2.45) is 0 Å². The Hall–Kier alpha value is -2.58. The van der Waals surface area contributed by atoms with Crippen LogP contribution < -0.4 is 9.62 Å². The molecule has 0 saturated heterocycles. The van der Waals surface area contributed by atoms with Crippen molar-refractivity contribution in [3.63, 3.8) is 0 Å². The number of nitrogens with zero attached hydrogens (tertiary/aromatic N) is 2. The van der Waals surface area contributed by atoms with Gasteiger partial charge in [0.1, 0.15) is 12.6 Å². The second kappa shape index (κ2) is 11.7. The Bertz CT molecular complexity index is 1070. The summed E-state index contributed by atoms with van der Waals surface area (Å²) in [5.41, 5.74) is 1.20. The third-order valence-corrected chi connectivity index (χ3v) is 7.47. The largest absolute Gasteiger partial charge is 0.352 e. The van der Waals surface area contributed by atoms with Crippen LogP contribution in [0, 0.1) is 0 Å². The van der Waals surface area contributed by atoms with Crippen LogP contribution >= 0.6 is 11.6 Å². The summed E-state index contributed by atoms with van der Waals surface area (Å²) in [6, 6.07) is 15.1. The van der Waals surface area contributed by atoms with Crippen molar-refractivity contribution in [3.05, 3.63) is 65.2 Å². The summed E-state index contributed by atoms with van der Waals surface area (Å²) in [4.78, 5) is 28.3. The molecular formula is C25H32ClN3O4S. The molecule has 2 aromatic rings. The summed E-state index contributed by atoms with van der Waals surface area (Å²) in [6.07, 6.45) is 5.51. The third kappa shape index (κ3) is 6.96. The summed E-state index contributed by atoms with van der Waals surface area (Å²) < 4.78 is 26.2. The molecule has 0 radical (unpaired) electrons. The Morgan fingerprint density at radius 1 is 1.06 bits per heavy atom. The van der Waals surface area contributed by atoms with Gasteiger partial charge in [-0.05, 0) is 49.1 Å². The average molecular weight is 506 g/mol. The van der Waals surface area contributed by atoms with E-state index in [0.717, 1.165) is 41.8 Å². The number of halogens is 1. The van der Waals surface area contributed by atoms with E-state index in [1.807, 2.05) is 37.3 Å². The molecule has 2 aromatic carbocycles. The lowest BCUT2D eigenvalue weighted by atomic mass is 10.1. The van der Waals surface area contributed by atoms with Gasteiger partial charge in [0.25, 0.3) is 0 Å². The van der Waals surface area contributed by atoms with Gasteiger partial charge in [-0.1, -0.05) is 61.7 Å². The molecule has 0 spiro atoms. The molecule has 1 fully saturated rings. The fourth-order valence-corrected chi connectivity index (χ4v) is 5.26. The van der Waals surface area contributed by atoms with Crippen LogP contribution in [0.5, 0.6) is 0 Å². The van der Waals surface area contributed by atoms with Crippen molar-refractivity contribution in [2.75, 3.05) is 17.1 Å². The number of rotatable bonds is 10. The van der Waals surface area contributed by atoms with Crippen LogP contribution in [0.1, 0.15) is 44.6 Å². The quantitative estimate of drug-likeness (QED) is 0.529. The van der Waals surface area contributed by atoms with E-state index in [2.05, 4.69) is 5.32 Å². The van der Waals surface area contributed by atoms with E-state index in [0.29, 0.717) is 17.1 Å². The van der Waals surface area contributed by atoms with Gasteiger partial charge in [-0.3, -0.25) is 13.9 Å². The number of nitrogens with one attached hydrogen (secondary N) is 1. The van der Waals surface area contributed by atoms with E-state index < -0.39 is 28.5 Å². The first-order chi connectivity index (χ1) is 16.2. The highest BCUT2D eigenvalue weighted by atomic mass is 35.5. The summed E-state index contributed by atoms with van der Waals surface area (Å²) in [5, 5.41) is 3.56. The molecule has 3 rings (SSSR count). The Labute approximate surface area is 207 Å². The summed E-state index contributed by atoms with van der Waals surface area (Å²) in [7, 11) is -3.76. The molecule has 9 heteroatoms. The number of hydrogen-bond acceptors (Lipinski definition) is 4. The molecule has 34 heavy (non-hydrogen) atoms. The zero-order valence-corrected chi connectivity index (χ0v) is 21.2. The molecule has 1 aliphatic carbocycles. The maximum atomic E-state index is 13.6. The molecule has 184 valence electrons. The zero-order valence-electron chi connectivity index (χ0n) is 19.6. The molecule has 0 aliphatic heterocycles. The molecule has 0 heterocycles. The van der Waals surface area contributed by atoms with Crippen LogP contribution in [0.3, 0.4) is 0 Å². The van der Waals surface area contributed by atoms with Crippen molar-refractivity contribution < 1.29 is 18.0 Å². The van der Waals surface area contributed by atoms with Gasteiger partial charge in [-0.25, -0.2) is 8.42 Å². The Kier molecular flexibility index (Phi) is 8.97. The number of carbonyl (C=O) groups excluding carboxylic acids is 2. The maximum Gasteiger partial charge on any atom is 0.244 e. The summed E-state index contributed by atoms with van der Waals surface area (Å²) in [5.74, 6) is -0.645. The number of hydrogen-bond donors (Lipinski definition) is 1. The minimum atomic E-state index is -3.76. The molecule has 1 N–H and O–H groups in total. The van der Waals surface area contributed by atoms with Crippen LogP contribution in [0.25, 0.3) is 0 Å².